The zero-order chi connectivity index (χ0) is 28.3. The molecule has 10 atom stereocenters. The van der Waals surface area contributed by atoms with Gasteiger partial charge in [-0.1, -0.05) is 24.3 Å². The lowest BCUT2D eigenvalue weighted by molar-refractivity contribution is -0.341. The summed E-state index contributed by atoms with van der Waals surface area (Å²) in [5.41, 5.74) is 0.771. The van der Waals surface area contributed by atoms with Crippen LogP contribution in [0.5, 0.6) is 5.75 Å². The summed E-state index contributed by atoms with van der Waals surface area (Å²) in [5, 5.41) is 72.6. The quantitative estimate of drug-likeness (QED) is 0.179. The highest BCUT2D eigenvalue weighted by Gasteiger charge is 2.50. The van der Waals surface area contributed by atoms with Gasteiger partial charge in [-0.05, 0) is 40.6 Å². The Morgan fingerprint density at radius 3 is 2.18 bits per heavy atom. The average Bonchev–Trinajstić information content (AvgIpc) is 2.95. The Kier molecular flexibility index (Phi) is 9.67. The molecule has 12 heteroatoms. The van der Waals surface area contributed by atoms with Crippen LogP contribution in [0.1, 0.15) is 12.0 Å². The molecule has 2 aromatic carbocycles. The van der Waals surface area contributed by atoms with E-state index < -0.39 is 80.2 Å². The van der Waals surface area contributed by atoms with Crippen molar-refractivity contribution in [3.8, 4) is 5.75 Å². The van der Waals surface area contributed by atoms with Crippen LogP contribution >= 0.6 is 0 Å². The van der Waals surface area contributed by atoms with Crippen molar-refractivity contribution in [2.75, 3.05) is 20.3 Å². The van der Waals surface area contributed by atoms with Crippen LogP contribution in [0.4, 0.5) is 0 Å². The van der Waals surface area contributed by atoms with Gasteiger partial charge in [0.1, 0.15) is 54.6 Å². The molecule has 4 unspecified atom stereocenters. The van der Waals surface area contributed by atoms with Crippen LogP contribution in [0, 0.1) is 0 Å². The van der Waals surface area contributed by atoms with Gasteiger partial charge in [0.15, 0.2) is 12.1 Å². The fourth-order valence-electron chi connectivity index (χ4n) is 4.76. The van der Waals surface area contributed by atoms with E-state index in [0.29, 0.717) is 0 Å². The molecular formula is C27H34O12. The lowest BCUT2D eigenvalue weighted by Crippen LogP contribution is -2.64. The van der Waals surface area contributed by atoms with E-state index in [0.717, 1.165) is 22.1 Å². The fourth-order valence-corrected chi connectivity index (χ4v) is 4.76. The smallest absolute Gasteiger partial charge is 0.187 e. The van der Waals surface area contributed by atoms with Gasteiger partial charge in [-0.15, -0.1) is 0 Å². The first-order chi connectivity index (χ1) is 18.7. The third kappa shape index (κ3) is 6.47. The Morgan fingerprint density at radius 2 is 1.49 bits per heavy atom. The summed E-state index contributed by atoms with van der Waals surface area (Å²) >= 11 is 0. The number of ketones is 1. The number of ether oxygens (including phenoxy) is 4. The van der Waals surface area contributed by atoms with Gasteiger partial charge in [0.05, 0.1) is 26.4 Å². The maximum atomic E-state index is 12.7. The van der Waals surface area contributed by atoms with Gasteiger partial charge >= 0.3 is 0 Å². The van der Waals surface area contributed by atoms with Crippen LogP contribution in [0.15, 0.2) is 42.5 Å². The highest BCUT2D eigenvalue weighted by Crippen LogP contribution is 2.30. The molecule has 4 rings (SSSR count). The summed E-state index contributed by atoms with van der Waals surface area (Å²) in [5.74, 6) is 0.335. The summed E-state index contributed by atoms with van der Waals surface area (Å²) in [6, 6.07) is 11.3. The van der Waals surface area contributed by atoms with E-state index in [-0.39, 0.29) is 6.42 Å². The van der Waals surface area contributed by atoms with Crippen molar-refractivity contribution in [1.82, 2.24) is 0 Å². The van der Waals surface area contributed by atoms with Crippen LogP contribution in [0.3, 0.4) is 0 Å². The van der Waals surface area contributed by atoms with Crippen LogP contribution < -0.4 is 4.74 Å². The Balaban J connectivity index is 1.39. The van der Waals surface area contributed by atoms with E-state index in [9.17, 15) is 40.5 Å². The van der Waals surface area contributed by atoms with Crippen molar-refractivity contribution in [2.45, 2.75) is 67.6 Å². The molecule has 2 aliphatic heterocycles. The molecule has 0 radical (unpaired) electrons. The normalized spacial score (nSPS) is 35.4. The first-order valence-electron chi connectivity index (χ1n) is 12.5. The number of carbonyl (C=O) groups excluding carboxylic acids is 1. The summed E-state index contributed by atoms with van der Waals surface area (Å²) in [6.45, 7) is -1.36. The van der Waals surface area contributed by atoms with Crippen LogP contribution in [0.2, 0.25) is 0 Å². The Hall–Kier alpha value is -2.49. The van der Waals surface area contributed by atoms with Crippen LogP contribution in [-0.4, -0.2) is 123 Å². The number of fused-ring (bicyclic) bond motifs is 1. The molecule has 2 aromatic rings. The topological polar surface area (TPSA) is 196 Å². The van der Waals surface area contributed by atoms with E-state index in [1.165, 1.54) is 6.08 Å². The Bertz CT molecular complexity index is 1150. The van der Waals surface area contributed by atoms with E-state index >= 15 is 0 Å². The minimum absolute atomic E-state index is 0.303. The van der Waals surface area contributed by atoms with Crippen LogP contribution in [0.25, 0.3) is 16.8 Å². The molecule has 2 saturated heterocycles. The summed E-state index contributed by atoms with van der Waals surface area (Å²) in [4.78, 5) is 12.7. The number of allylic oxidation sites excluding steroid dienone is 1. The average molecular weight is 551 g/mol. The number of hydrogen-bond acceptors (Lipinski definition) is 12. The maximum Gasteiger partial charge on any atom is 0.187 e. The molecule has 214 valence electrons. The lowest BCUT2D eigenvalue weighted by atomic mass is 9.92. The van der Waals surface area contributed by atoms with Crippen molar-refractivity contribution in [1.29, 1.82) is 0 Å². The molecule has 0 aromatic heterocycles. The summed E-state index contributed by atoms with van der Waals surface area (Å²) in [6.07, 6.45) is -12.4. The molecule has 0 amide bonds. The summed E-state index contributed by atoms with van der Waals surface area (Å²) in [7, 11) is 1.59. The monoisotopic (exact) mass is 550 g/mol. The molecule has 7 N–H and O–H groups in total. The van der Waals surface area contributed by atoms with E-state index in [2.05, 4.69) is 0 Å². The molecule has 39 heavy (non-hydrogen) atoms. The highest BCUT2D eigenvalue weighted by molar-refractivity contribution is 5.95. The van der Waals surface area contributed by atoms with Crippen molar-refractivity contribution in [3.63, 3.8) is 0 Å². The molecule has 2 heterocycles. The predicted molar refractivity (Wildman–Crippen MR) is 136 cm³/mol. The lowest BCUT2D eigenvalue weighted by Gasteiger charge is -2.46. The predicted octanol–water partition coefficient (Wildman–Crippen LogP) is -1.51. The Labute approximate surface area is 224 Å². The van der Waals surface area contributed by atoms with E-state index in [1.54, 1.807) is 13.2 Å². The number of benzene rings is 2. The van der Waals surface area contributed by atoms with Gasteiger partial charge < -0.3 is 54.7 Å². The van der Waals surface area contributed by atoms with Gasteiger partial charge in [0.2, 0.25) is 0 Å². The number of aliphatic hydroxyl groups excluding tert-OH is 7. The third-order valence-electron chi connectivity index (χ3n) is 7.04. The molecule has 0 bridgehead atoms. The molecular weight excluding hydrogens is 516 g/mol. The van der Waals surface area contributed by atoms with Gasteiger partial charge in [0, 0.05) is 6.42 Å². The molecule has 12 nitrogen and oxygen atoms in total. The highest BCUT2D eigenvalue weighted by atomic mass is 16.7. The SMILES string of the molecule is COc1ccc2cc(/C=C/C(=O)C[C@@H]3OC(CO)[C@@H](O[C@@H]4OC(CO)[C@@H](O)[C@H](O)C4O)[C@H](O)C3O)ccc2c1. The van der Waals surface area contributed by atoms with Gasteiger partial charge in [-0.25, -0.2) is 0 Å². The number of hydrogen-bond donors (Lipinski definition) is 7. The second-order valence-electron chi connectivity index (χ2n) is 9.65. The van der Waals surface area contributed by atoms with Crippen molar-refractivity contribution in [2.24, 2.45) is 0 Å². The zero-order valence-electron chi connectivity index (χ0n) is 21.2. The first-order valence-corrected chi connectivity index (χ1v) is 12.5. The second-order valence-corrected chi connectivity index (χ2v) is 9.65. The molecule has 2 aliphatic rings. The minimum Gasteiger partial charge on any atom is -0.497 e. The van der Waals surface area contributed by atoms with Gasteiger partial charge in [-0.2, -0.15) is 0 Å². The molecule has 0 saturated carbocycles. The number of carbonyl (C=O) groups is 1. The van der Waals surface area contributed by atoms with E-state index in [1.807, 2.05) is 36.4 Å². The fraction of sp³-hybridized carbons (Fsp3) is 0.519. The Morgan fingerprint density at radius 1 is 0.821 bits per heavy atom. The van der Waals surface area contributed by atoms with Gasteiger partial charge in [0.25, 0.3) is 0 Å². The molecule has 2 fully saturated rings. The maximum absolute atomic E-state index is 12.7. The summed E-state index contributed by atoms with van der Waals surface area (Å²) < 4.78 is 21.7. The third-order valence-corrected chi connectivity index (χ3v) is 7.04. The number of aliphatic hydroxyl groups is 7. The molecule has 0 aliphatic carbocycles. The van der Waals surface area contributed by atoms with Gasteiger partial charge in [-0.3, -0.25) is 4.79 Å². The number of methoxy groups -OCH3 is 1. The van der Waals surface area contributed by atoms with Crippen molar-refractivity contribution < 1.29 is 59.5 Å². The van der Waals surface area contributed by atoms with Crippen molar-refractivity contribution >= 4 is 22.6 Å². The molecule has 0 spiro atoms. The largest absolute Gasteiger partial charge is 0.497 e. The minimum atomic E-state index is -1.76. The standard InChI is InChI=1S/C27H34O12/c1-36-17-7-5-14-8-13(2-4-15(14)9-17)3-6-16(30)10-18-21(31)24(34)26(20(12-29)37-18)39-27-25(35)23(33)22(32)19(11-28)38-27/h2-9,18-29,31-35H,10-12H2,1H3/b6-3+/t18-,19?,20?,21?,22+,23-,24+,25?,26+,27-/m0/s1. The first kappa shape index (κ1) is 29.5. The number of rotatable bonds is 9. The van der Waals surface area contributed by atoms with Crippen LogP contribution in [-0.2, 0) is 19.0 Å². The second kappa shape index (κ2) is 12.8. The van der Waals surface area contributed by atoms with E-state index in [4.69, 9.17) is 18.9 Å². The zero-order valence-corrected chi connectivity index (χ0v) is 21.2. The van der Waals surface area contributed by atoms with Crippen molar-refractivity contribution in [3.05, 3.63) is 48.0 Å².